The maximum absolute atomic E-state index is 9.59. The second-order valence-corrected chi connectivity index (χ2v) is 6.86. The van der Waals surface area contributed by atoms with Crippen LogP contribution in [0.1, 0.15) is 29.9 Å². The third-order valence-electron chi connectivity index (χ3n) is 3.92. The van der Waals surface area contributed by atoms with Crippen molar-refractivity contribution in [2.45, 2.75) is 26.2 Å². The van der Waals surface area contributed by atoms with Crippen molar-refractivity contribution < 1.29 is 5.11 Å². The summed E-state index contributed by atoms with van der Waals surface area (Å²) in [5.74, 6) is 0.332. The zero-order valence-corrected chi connectivity index (χ0v) is 12.8. The molecule has 0 fully saturated rings. The van der Waals surface area contributed by atoms with Gasteiger partial charge in [0.15, 0.2) is 0 Å². The molecule has 0 aliphatic rings. The average Bonchev–Trinajstić information content (AvgIpc) is 2.82. The molecule has 0 aliphatic carbocycles. The monoisotopic (exact) mass is 282 g/mol. The van der Waals surface area contributed by atoms with Gasteiger partial charge in [0.25, 0.3) is 0 Å². The van der Waals surface area contributed by atoms with E-state index in [1.165, 1.54) is 20.5 Å². The average molecular weight is 282 g/mol. The molecule has 3 aromatic rings. The van der Waals surface area contributed by atoms with Gasteiger partial charge in [-0.1, -0.05) is 38.1 Å². The van der Waals surface area contributed by atoms with Crippen molar-refractivity contribution in [2.75, 3.05) is 0 Å². The van der Waals surface area contributed by atoms with Gasteiger partial charge >= 0.3 is 0 Å². The molecule has 0 spiro atoms. The van der Waals surface area contributed by atoms with Crippen molar-refractivity contribution in [1.29, 1.82) is 0 Å². The standard InChI is InChI=1S/C18H18OS/c1-12-10-14(19)8-9-15(12)18(2,3)17-11-13-6-4-5-7-16(13)20-17/h4-11,19H,1-3H3. The molecule has 2 aromatic carbocycles. The lowest BCUT2D eigenvalue weighted by Crippen LogP contribution is -2.18. The Morgan fingerprint density at radius 1 is 1.00 bits per heavy atom. The van der Waals surface area contributed by atoms with Crippen molar-refractivity contribution in [3.05, 3.63) is 64.5 Å². The molecule has 102 valence electrons. The van der Waals surface area contributed by atoms with E-state index in [0.29, 0.717) is 5.75 Å². The van der Waals surface area contributed by atoms with Gasteiger partial charge in [-0.05, 0) is 47.7 Å². The molecule has 0 radical (unpaired) electrons. The molecular formula is C18H18OS. The van der Waals surface area contributed by atoms with E-state index in [9.17, 15) is 5.11 Å². The lowest BCUT2D eigenvalue weighted by molar-refractivity contribution is 0.474. The first-order valence-electron chi connectivity index (χ1n) is 6.77. The van der Waals surface area contributed by atoms with Crippen molar-refractivity contribution in [1.82, 2.24) is 0 Å². The number of hydrogen-bond acceptors (Lipinski definition) is 2. The minimum Gasteiger partial charge on any atom is -0.508 e. The van der Waals surface area contributed by atoms with Gasteiger partial charge in [-0.2, -0.15) is 0 Å². The molecule has 1 heterocycles. The molecule has 0 saturated heterocycles. The van der Waals surface area contributed by atoms with E-state index in [-0.39, 0.29) is 5.41 Å². The second-order valence-electron chi connectivity index (χ2n) is 5.77. The fraction of sp³-hybridized carbons (Fsp3) is 0.222. The summed E-state index contributed by atoms with van der Waals surface area (Å²) in [5.41, 5.74) is 2.34. The quantitative estimate of drug-likeness (QED) is 0.681. The van der Waals surface area contributed by atoms with Crippen LogP contribution >= 0.6 is 11.3 Å². The highest BCUT2D eigenvalue weighted by atomic mass is 32.1. The number of hydrogen-bond donors (Lipinski definition) is 1. The Morgan fingerprint density at radius 2 is 1.75 bits per heavy atom. The predicted octanol–water partition coefficient (Wildman–Crippen LogP) is 5.24. The van der Waals surface area contributed by atoms with Crippen molar-refractivity contribution in [2.24, 2.45) is 0 Å². The summed E-state index contributed by atoms with van der Waals surface area (Å²) in [6.45, 7) is 6.55. The zero-order chi connectivity index (χ0) is 14.3. The molecule has 0 atom stereocenters. The molecule has 0 unspecified atom stereocenters. The van der Waals surface area contributed by atoms with Crippen LogP contribution in [0.3, 0.4) is 0 Å². The van der Waals surface area contributed by atoms with Crippen LogP contribution < -0.4 is 0 Å². The highest BCUT2D eigenvalue weighted by molar-refractivity contribution is 7.19. The van der Waals surface area contributed by atoms with Gasteiger partial charge in [-0.3, -0.25) is 0 Å². The van der Waals surface area contributed by atoms with Crippen LogP contribution in [0.15, 0.2) is 48.5 Å². The zero-order valence-electron chi connectivity index (χ0n) is 12.0. The Hall–Kier alpha value is -1.80. The summed E-state index contributed by atoms with van der Waals surface area (Å²) in [7, 11) is 0. The van der Waals surface area contributed by atoms with Crippen LogP contribution in [-0.2, 0) is 5.41 Å². The Balaban J connectivity index is 2.14. The highest BCUT2D eigenvalue weighted by Gasteiger charge is 2.26. The van der Waals surface area contributed by atoms with E-state index < -0.39 is 0 Å². The first-order chi connectivity index (χ1) is 9.48. The summed E-state index contributed by atoms with van der Waals surface area (Å²) < 4.78 is 1.33. The van der Waals surface area contributed by atoms with Crippen LogP contribution in [0.25, 0.3) is 10.1 Å². The summed E-state index contributed by atoms with van der Waals surface area (Å²) in [5, 5.41) is 10.9. The molecule has 0 amide bonds. The number of aromatic hydroxyl groups is 1. The molecule has 1 nitrogen and oxygen atoms in total. The fourth-order valence-electron chi connectivity index (χ4n) is 2.77. The summed E-state index contributed by atoms with van der Waals surface area (Å²) in [4.78, 5) is 1.35. The van der Waals surface area contributed by atoms with Gasteiger partial charge in [0.05, 0.1) is 0 Å². The first kappa shape index (κ1) is 13.2. The molecule has 1 N–H and O–H groups in total. The molecule has 0 saturated carbocycles. The molecule has 0 aliphatic heterocycles. The van der Waals surface area contributed by atoms with Crippen molar-refractivity contribution >= 4 is 21.4 Å². The maximum Gasteiger partial charge on any atom is 0.115 e. The van der Waals surface area contributed by atoms with E-state index in [0.717, 1.165) is 5.56 Å². The summed E-state index contributed by atoms with van der Waals surface area (Å²) in [6, 6.07) is 16.4. The molecular weight excluding hydrogens is 264 g/mol. The van der Waals surface area contributed by atoms with Gasteiger partial charge < -0.3 is 5.11 Å². The van der Waals surface area contributed by atoms with Crippen molar-refractivity contribution in [3.8, 4) is 5.75 Å². The second kappa shape index (κ2) is 4.64. The van der Waals surface area contributed by atoms with Crippen LogP contribution in [0.2, 0.25) is 0 Å². The van der Waals surface area contributed by atoms with E-state index in [1.807, 2.05) is 23.5 Å². The van der Waals surface area contributed by atoms with E-state index >= 15 is 0 Å². The van der Waals surface area contributed by atoms with Crippen LogP contribution in [0.5, 0.6) is 5.75 Å². The van der Waals surface area contributed by atoms with Gasteiger partial charge in [0.2, 0.25) is 0 Å². The Bertz CT molecular complexity index is 735. The Labute approximate surface area is 123 Å². The Kier molecular flexibility index (Phi) is 3.06. The minimum atomic E-state index is -0.0541. The van der Waals surface area contributed by atoms with E-state index in [1.54, 1.807) is 6.07 Å². The van der Waals surface area contributed by atoms with Gasteiger partial charge in [0, 0.05) is 15.0 Å². The lowest BCUT2D eigenvalue weighted by atomic mass is 9.80. The number of phenols is 1. The molecule has 1 aromatic heterocycles. The summed E-state index contributed by atoms with van der Waals surface area (Å²) in [6.07, 6.45) is 0. The maximum atomic E-state index is 9.59. The van der Waals surface area contributed by atoms with Crippen LogP contribution in [0, 0.1) is 6.92 Å². The van der Waals surface area contributed by atoms with Crippen molar-refractivity contribution in [3.63, 3.8) is 0 Å². The van der Waals surface area contributed by atoms with Gasteiger partial charge in [-0.15, -0.1) is 11.3 Å². The number of rotatable bonds is 2. The number of benzene rings is 2. The first-order valence-corrected chi connectivity index (χ1v) is 7.59. The number of thiophene rings is 1. The number of phenolic OH excluding ortho intramolecular Hbond substituents is 1. The lowest BCUT2D eigenvalue weighted by Gasteiger charge is -2.26. The van der Waals surface area contributed by atoms with Crippen LogP contribution in [0.4, 0.5) is 0 Å². The topological polar surface area (TPSA) is 20.2 Å². The smallest absolute Gasteiger partial charge is 0.115 e. The fourth-order valence-corrected chi connectivity index (χ4v) is 3.95. The van der Waals surface area contributed by atoms with Crippen LogP contribution in [-0.4, -0.2) is 5.11 Å². The predicted molar refractivity (Wildman–Crippen MR) is 86.8 cm³/mol. The third-order valence-corrected chi connectivity index (χ3v) is 5.36. The third kappa shape index (κ3) is 2.10. The molecule has 20 heavy (non-hydrogen) atoms. The highest BCUT2D eigenvalue weighted by Crippen LogP contribution is 2.40. The largest absolute Gasteiger partial charge is 0.508 e. The number of fused-ring (bicyclic) bond motifs is 1. The SMILES string of the molecule is Cc1cc(O)ccc1C(C)(C)c1cc2ccccc2s1. The molecule has 3 rings (SSSR count). The Morgan fingerprint density at radius 3 is 2.45 bits per heavy atom. The van der Waals surface area contributed by atoms with E-state index in [2.05, 4.69) is 51.1 Å². The number of aryl methyl sites for hydroxylation is 1. The van der Waals surface area contributed by atoms with Gasteiger partial charge in [-0.25, -0.2) is 0 Å². The van der Waals surface area contributed by atoms with E-state index in [4.69, 9.17) is 0 Å². The molecule has 2 heteroatoms. The molecule has 0 bridgehead atoms. The summed E-state index contributed by atoms with van der Waals surface area (Å²) >= 11 is 1.85. The normalized spacial score (nSPS) is 11.9. The van der Waals surface area contributed by atoms with Gasteiger partial charge in [0.1, 0.15) is 5.75 Å². The minimum absolute atomic E-state index is 0.0541.